The molecule has 0 spiro atoms. The van der Waals surface area contributed by atoms with E-state index in [1.807, 2.05) is 0 Å². The molecule has 0 fully saturated rings. The minimum Gasteiger partial charge on any atom is -1.00 e. The number of unbranched alkanes of at least 4 members (excludes halogenated alkanes) is 7. The molecular formula is C25H33BrCl2N2. The van der Waals surface area contributed by atoms with Crippen LogP contribution in [0.1, 0.15) is 63.9 Å². The Balaban J connectivity index is 0.00000320. The van der Waals surface area contributed by atoms with Crippen molar-refractivity contribution in [2.75, 3.05) is 0 Å². The highest BCUT2D eigenvalue weighted by Gasteiger charge is 2.19. The lowest BCUT2D eigenvalue weighted by molar-refractivity contribution is -0.694. The van der Waals surface area contributed by atoms with Gasteiger partial charge in [-0.1, -0.05) is 87.9 Å². The van der Waals surface area contributed by atoms with E-state index in [-0.39, 0.29) is 17.0 Å². The third-order valence-corrected chi connectivity index (χ3v) is 6.55. The van der Waals surface area contributed by atoms with Gasteiger partial charge in [-0.05, 0) is 52.4 Å². The van der Waals surface area contributed by atoms with Crippen molar-refractivity contribution in [2.45, 2.75) is 77.8 Å². The number of hydrogen-bond donors (Lipinski definition) is 0. The molecule has 1 aromatic heterocycles. The molecule has 1 heterocycles. The Bertz CT molecular complexity index is 907. The van der Waals surface area contributed by atoms with Gasteiger partial charge in [0.2, 0.25) is 6.33 Å². The van der Waals surface area contributed by atoms with Crippen LogP contribution in [-0.4, -0.2) is 4.57 Å². The molecule has 0 N–H and O–H groups in total. The Kier molecular flexibility index (Phi) is 11.3. The second-order valence-corrected chi connectivity index (χ2v) is 8.71. The molecule has 0 aliphatic rings. The van der Waals surface area contributed by atoms with Gasteiger partial charge in [0.1, 0.15) is 0 Å². The van der Waals surface area contributed by atoms with Crippen LogP contribution < -0.4 is 21.5 Å². The first-order valence-corrected chi connectivity index (χ1v) is 11.9. The number of aromatic nitrogens is 2. The van der Waals surface area contributed by atoms with Gasteiger partial charge in [0, 0.05) is 6.42 Å². The Labute approximate surface area is 202 Å². The fourth-order valence-electron chi connectivity index (χ4n) is 3.88. The minimum absolute atomic E-state index is 0. The molecule has 3 rings (SSSR count). The number of nitrogens with zero attached hydrogens (tertiary/aromatic N) is 2. The van der Waals surface area contributed by atoms with E-state index in [0.29, 0.717) is 10.3 Å². The van der Waals surface area contributed by atoms with Crippen molar-refractivity contribution in [3.63, 3.8) is 0 Å². The fraction of sp³-hybridized carbons (Fsp3) is 0.480. The Morgan fingerprint density at radius 1 is 0.833 bits per heavy atom. The lowest BCUT2D eigenvalue weighted by Gasteiger charge is -2.03. The van der Waals surface area contributed by atoms with Gasteiger partial charge in [-0.3, -0.25) is 0 Å². The summed E-state index contributed by atoms with van der Waals surface area (Å²) in [5, 5.41) is 3.87. The largest absolute Gasteiger partial charge is 1.00 e. The van der Waals surface area contributed by atoms with Gasteiger partial charge in [0.25, 0.3) is 10.3 Å². The summed E-state index contributed by atoms with van der Waals surface area (Å²) in [5.41, 5.74) is 1.32. The molecule has 5 heteroatoms. The van der Waals surface area contributed by atoms with E-state index in [4.69, 9.17) is 23.2 Å². The van der Waals surface area contributed by atoms with Crippen LogP contribution in [0.2, 0.25) is 10.3 Å². The number of imidazole rings is 1. The van der Waals surface area contributed by atoms with E-state index < -0.39 is 0 Å². The van der Waals surface area contributed by atoms with Crippen LogP contribution in [0.4, 0.5) is 0 Å². The van der Waals surface area contributed by atoms with Crippen LogP contribution in [0.3, 0.4) is 0 Å². The number of aryl methyl sites for hydroxylation is 3. The van der Waals surface area contributed by atoms with Crippen LogP contribution >= 0.6 is 23.2 Å². The maximum Gasteiger partial charge on any atom is 0.255 e. The molecule has 0 atom stereocenters. The van der Waals surface area contributed by atoms with Gasteiger partial charge in [-0.15, -0.1) is 0 Å². The summed E-state index contributed by atoms with van der Waals surface area (Å²) in [4.78, 5) is 0. The second-order valence-electron chi connectivity index (χ2n) is 7.99. The Morgan fingerprint density at radius 2 is 1.50 bits per heavy atom. The highest BCUT2D eigenvalue weighted by Crippen LogP contribution is 2.21. The summed E-state index contributed by atoms with van der Waals surface area (Å²) >= 11 is 13.0. The zero-order valence-corrected chi connectivity index (χ0v) is 21.0. The zero-order valence-electron chi connectivity index (χ0n) is 17.9. The number of benzene rings is 2. The lowest BCUT2D eigenvalue weighted by Crippen LogP contribution is -3.00. The van der Waals surface area contributed by atoms with Gasteiger partial charge in [-0.2, -0.15) is 0 Å². The molecule has 0 saturated heterocycles. The number of hydrogen-bond acceptors (Lipinski definition) is 0. The molecular weight excluding hydrogens is 479 g/mol. The van der Waals surface area contributed by atoms with Gasteiger partial charge < -0.3 is 17.0 Å². The van der Waals surface area contributed by atoms with Crippen LogP contribution in [-0.2, 0) is 19.5 Å². The molecule has 0 unspecified atom stereocenters. The second kappa shape index (κ2) is 13.4. The van der Waals surface area contributed by atoms with Crippen molar-refractivity contribution in [1.29, 1.82) is 0 Å². The zero-order chi connectivity index (χ0) is 20.5. The van der Waals surface area contributed by atoms with Gasteiger partial charge >= 0.3 is 0 Å². The van der Waals surface area contributed by atoms with Crippen LogP contribution in [0.15, 0.2) is 48.8 Å². The van der Waals surface area contributed by atoms with Crippen molar-refractivity contribution in [3.05, 3.63) is 64.7 Å². The first-order chi connectivity index (χ1) is 14.2. The summed E-state index contributed by atoms with van der Waals surface area (Å²) < 4.78 is 4.17. The summed E-state index contributed by atoms with van der Waals surface area (Å²) in [5.74, 6) is 0. The van der Waals surface area contributed by atoms with Crippen molar-refractivity contribution >= 4 is 34.0 Å². The highest BCUT2D eigenvalue weighted by atomic mass is 79.9. The molecule has 2 aromatic carbocycles. The maximum atomic E-state index is 6.50. The third kappa shape index (κ3) is 7.28. The highest BCUT2D eigenvalue weighted by molar-refractivity contribution is 6.39. The molecule has 0 amide bonds. The smallest absolute Gasteiger partial charge is 0.255 e. The SMILES string of the molecule is CCCCCCCCCC[n+]1cn(CCc2ccc3ccccc3c2)c(Cl)c1Cl.[Br-]. The minimum atomic E-state index is 0. The van der Waals surface area contributed by atoms with Gasteiger partial charge in [-0.25, -0.2) is 9.13 Å². The summed E-state index contributed by atoms with van der Waals surface area (Å²) in [7, 11) is 0. The molecule has 0 saturated carbocycles. The number of fused-ring (bicyclic) bond motifs is 1. The van der Waals surface area contributed by atoms with E-state index in [2.05, 4.69) is 64.8 Å². The molecule has 2 nitrogen and oxygen atoms in total. The van der Waals surface area contributed by atoms with E-state index in [0.717, 1.165) is 25.9 Å². The normalized spacial score (nSPS) is 11.0. The summed E-state index contributed by atoms with van der Waals surface area (Å²) in [6, 6.07) is 15.1. The first-order valence-electron chi connectivity index (χ1n) is 11.1. The fourth-order valence-corrected chi connectivity index (χ4v) is 4.35. The van der Waals surface area contributed by atoms with Crippen LogP contribution in [0.25, 0.3) is 10.8 Å². The first kappa shape index (κ1) is 25.2. The molecule has 0 aliphatic heterocycles. The van der Waals surface area contributed by atoms with Crippen molar-refractivity contribution < 1.29 is 21.5 Å². The Morgan fingerprint density at radius 3 is 2.23 bits per heavy atom. The van der Waals surface area contributed by atoms with E-state index >= 15 is 0 Å². The van der Waals surface area contributed by atoms with E-state index in [1.165, 1.54) is 61.3 Å². The van der Waals surface area contributed by atoms with Gasteiger partial charge in [0.05, 0.1) is 13.1 Å². The average molecular weight is 512 g/mol. The molecule has 0 radical (unpaired) electrons. The Hall–Kier alpha value is -1.03. The predicted molar refractivity (Wildman–Crippen MR) is 125 cm³/mol. The quantitative estimate of drug-likeness (QED) is 0.248. The standard InChI is InChI=1S/C25H33Cl2N2.BrH/c1-2-3-4-5-6-7-8-11-17-28-20-29(25(27)24(28)26)18-16-21-14-15-22-12-9-10-13-23(22)19-21;/h9-10,12-15,19-20H,2-8,11,16-18H2,1H3;1H/q+1;/p-1. The predicted octanol–water partition coefficient (Wildman–Crippen LogP) is 4.62. The van der Waals surface area contributed by atoms with E-state index in [1.54, 1.807) is 0 Å². The number of halogens is 3. The van der Waals surface area contributed by atoms with E-state index in [9.17, 15) is 0 Å². The van der Waals surface area contributed by atoms with Crippen molar-refractivity contribution in [3.8, 4) is 0 Å². The van der Waals surface area contributed by atoms with Crippen molar-refractivity contribution in [2.24, 2.45) is 0 Å². The lowest BCUT2D eigenvalue weighted by atomic mass is 10.1. The number of rotatable bonds is 12. The molecule has 164 valence electrons. The molecule has 0 aliphatic carbocycles. The van der Waals surface area contributed by atoms with Gasteiger partial charge in [0.15, 0.2) is 0 Å². The maximum absolute atomic E-state index is 6.50. The summed E-state index contributed by atoms with van der Waals surface area (Å²) in [6.07, 6.45) is 13.5. The average Bonchev–Trinajstić information content (AvgIpc) is 3.02. The molecule has 30 heavy (non-hydrogen) atoms. The van der Waals surface area contributed by atoms with Crippen molar-refractivity contribution in [1.82, 2.24) is 4.57 Å². The molecule has 3 aromatic rings. The summed E-state index contributed by atoms with van der Waals surface area (Å²) in [6.45, 7) is 4.04. The topological polar surface area (TPSA) is 8.81 Å². The van der Waals surface area contributed by atoms with Crippen LogP contribution in [0.5, 0.6) is 0 Å². The van der Waals surface area contributed by atoms with Crippen LogP contribution in [0, 0.1) is 0 Å². The monoisotopic (exact) mass is 510 g/mol. The third-order valence-electron chi connectivity index (χ3n) is 5.66. The molecule has 0 bridgehead atoms.